The number of nitrogens with two attached hydrogens (primary N) is 1. The lowest BCUT2D eigenvalue weighted by Crippen LogP contribution is -2.56. The molecule has 1 saturated heterocycles. The SMILES string of the molecule is C[C@@H]1C[C@H](N2C(=O)CC(C)(c3cccc(NC(=O)c4ccc(C(F)(F)F)cn4)c3Cl)N=C2N)CCO1. The number of anilines is 1. The number of carbonyl (C=O) groups excluding carboxylic acids is 2. The summed E-state index contributed by atoms with van der Waals surface area (Å²) in [6, 6.07) is 6.50. The summed E-state index contributed by atoms with van der Waals surface area (Å²) in [5.41, 5.74) is 4.66. The second kappa shape index (κ2) is 9.70. The molecule has 4 rings (SSSR count). The number of hydrogen-bond donors (Lipinski definition) is 2. The van der Waals surface area contributed by atoms with Crippen LogP contribution in [-0.4, -0.2) is 46.4 Å². The van der Waals surface area contributed by atoms with Gasteiger partial charge in [0.2, 0.25) is 5.91 Å². The van der Waals surface area contributed by atoms with E-state index in [-0.39, 0.29) is 46.8 Å². The van der Waals surface area contributed by atoms with Gasteiger partial charge in [0.1, 0.15) is 5.69 Å². The van der Waals surface area contributed by atoms with Gasteiger partial charge >= 0.3 is 6.18 Å². The van der Waals surface area contributed by atoms with Crippen molar-refractivity contribution in [2.24, 2.45) is 10.7 Å². The Morgan fingerprint density at radius 3 is 2.67 bits per heavy atom. The van der Waals surface area contributed by atoms with E-state index in [9.17, 15) is 22.8 Å². The second-order valence-corrected chi connectivity index (χ2v) is 9.47. The summed E-state index contributed by atoms with van der Waals surface area (Å²) in [5.74, 6) is -0.841. The van der Waals surface area contributed by atoms with Gasteiger partial charge in [0.25, 0.3) is 5.91 Å². The first-order valence-corrected chi connectivity index (χ1v) is 11.7. The highest BCUT2D eigenvalue weighted by Gasteiger charge is 2.42. The topological polar surface area (TPSA) is 110 Å². The molecule has 0 radical (unpaired) electrons. The minimum Gasteiger partial charge on any atom is -0.378 e. The molecule has 0 bridgehead atoms. The third kappa shape index (κ3) is 5.17. The van der Waals surface area contributed by atoms with Crippen molar-refractivity contribution in [2.45, 2.75) is 57.0 Å². The number of halogens is 4. The fourth-order valence-electron chi connectivity index (χ4n) is 4.54. The van der Waals surface area contributed by atoms with E-state index in [0.29, 0.717) is 31.2 Å². The Bertz CT molecular complexity index is 1200. The molecule has 0 spiro atoms. The maximum atomic E-state index is 13.2. The molecule has 192 valence electrons. The Hall–Kier alpha value is -3.18. The molecule has 36 heavy (non-hydrogen) atoms. The molecule has 2 aliphatic rings. The molecule has 1 aromatic carbocycles. The summed E-state index contributed by atoms with van der Waals surface area (Å²) in [6.45, 7) is 4.20. The summed E-state index contributed by atoms with van der Waals surface area (Å²) < 4.78 is 43.9. The Kier molecular flexibility index (Phi) is 6.98. The lowest BCUT2D eigenvalue weighted by molar-refractivity contribution is -0.138. The number of hydrogen-bond acceptors (Lipinski definition) is 6. The maximum Gasteiger partial charge on any atom is 0.417 e. The summed E-state index contributed by atoms with van der Waals surface area (Å²) in [4.78, 5) is 35.5. The fraction of sp³-hybridized carbons (Fsp3) is 0.417. The Morgan fingerprint density at radius 1 is 1.31 bits per heavy atom. The van der Waals surface area contributed by atoms with Crippen LogP contribution in [0.3, 0.4) is 0 Å². The van der Waals surface area contributed by atoms with Crippen LogP contribution in [0.15, 0.2) is 41.5 Å². The van der Waals surface area contributed by atoms with Crippen molar-refractivity contribution in [3.05, 3.63) is 58.4 Å². The summed E-state index contributed by atoms with van der Waals surface area (Å²) in [5, 5.41) is 2.70. The quantitative estimate of drug-likeness (QED) is 0.619. The van der Waals surface area contributed by atoms with Crippen molar-refractivity contribution in [2.75, 3.05) is 11.9 Å². The molecule has 0 aliphatic carbocycles. The average molecular weight is 524 g/mol. The third-order valence-corrected chi connectivity index (χ3v) is 6.75. The molecule has 1 aromatic heterocycles. The standard InChI is InChI=1S/C24H25ClF3N5O3/c1-13-10-15(8-9-36-13)33-19(34)11-23(2,32-22(33)29)16-4-3-5-17(20(16)25)31-21(35)18-7-6-14(12-30-18)24(26,27)28/h3-7,12-13,15H,8-11H2,1-2H3,(H2,29,32)(H,31,35)/t13-,15-,23?/m1/s1. The first kappa shape index (κ1) is 25.9. The predicted octanol–water partition coefficient (Wildman–Crippen LogP) is 4.34. The minimum absolute atomic E-state index is 0.00607. The van der Waals surface area contributed by atoms with Crippen LogP contribution >= 0.6 is 11.6 Å². The molecular weight excluding hydrogens is 499 g/mol. The minimum atomic E-state index is -4.56. The molecule has 3 atom stereocenters. The van der Waals surface area contributed by atoms with E-state index in [1.165, 1.54) is 11.0 Å². The van der Waals surface area contributed by atoms with Crippen LogP contribution in [-0.2, 0) is 21.2 Å². The number of benzene rings is 1. The van der Waals surface area contributed by atoms with E-state index in [1.54, 1.807) is 19.1 Å². The van der Waals surface area contributed by atoms with Gasteiger partial charge < -0.3 is 15.8 Å². The molecule has 0 saturated carbocycles. The van der Waals surface area contributed by atoms with Crippen molar-refractivity contribution in [1.29, 1.82) is 0 Å². The number of aromatic nitrogens is 1. The van der Waals surface area contributed by atoms with Gasteiger partial charge in [-0.2, -0.15) is 13.2 Å². The average Bonchev–Trinajstić information content (AvgIpc) is 2.79. The number of carbonyl (C=O) groups is 2. The number of guanidine groups is 1. The van der Waals surface area contributed by atoms with Crippen LogP contribution in [0.25, 0.3) is 0 Å². The zero-order chi connectivity index (χ0) is 26.3. The van der Waals surface area contributed by atoms with Gasteiger partial charge in [0.15, 0.2) is 5.96 Å². The molecule has 1 unspecified atom stereocenters. The first-order chi connectivity index (χ1) is 16.9. The van der Waals surface area contributed by atoms with Gasteiger partial charge in [-0.1, -0.05) is 23.7 Å². The van der Waals surface area contributed by atoms with Gasteiger partial charge in [-0.3, -0.25) is 19.5 Å². The van der Waals surface area contributed by atoms with E-state index in [2.05, 4.69) is 15.3 Å². The molecule has 2 aromatic rings. The molecular formula is C24H25ClF3N5O3. The predicted molar refractivity (Wildman–Crippen MR) is 128 cm³/mol. The van der Waals surface area contributed by atoms with Crippen molar-refractivity contribution < 1.29 is 27.5 Å². The van der Waals surface area contributed by atoms with E-state index in [4.69, 9.17) is 22.1 Å². The van der Waals surface area contributed by atoms with Crippen molar-refractivity contribution in [3.63, 3.8) is 0 Å². The van der Waals surface area contributed by atoms with E-state index < -0.39 is 23.2 Å². The monoisotopic (exact) mass is 523 g/mol. The van der Waals surface area contributed by atoms with Gasteiger partial charge in [0, 0.05) is 24.4 Å². The number of rotatable bonds is 4. The number of nitrogens with zero attached hydrogens (tertiary/aromatic N) is 3. The zero-order valence-electron chi connectivity index (χ0n) is 19.6. The van der Waals surface area contributed by atoms with E-state index in [1.807, 2.05) is 6.92 Å². The molecule has 3 heterocycles. The summed E-state index contributed by atoms with van der Waals surface area (Å²) in [7, 11) is 0. The van der Waals surface area contributed by atoms with Gasteiger partial charge in [-0.25, -0.2) is 4.99 Å². The molecule has 3 N–H and O–H groups in total. The van der Waals surface area contributed by atoms with Crippen molar-refractivity contribution in [3.8, 4) is 0 Å². The highest BCUT2D eigenvalue weighted by molar-refractivity contribution is 6.34. The normalized spacial score (nSPS) is 24.9. The number of aliphatic imine (C=N–C) groups is 1. The lowest BCUT2D eigenvalue weighted by atomic mass is 9.86. The second-order valence-electron chi connectivity index (χ2n) is 9.10. The number of amides is 2. The number of pyridine rings is 1. The van der Waals surface area contributed by atoms with Crippen LogP contribution in [0.4, 0.5) is 18.9 Å². The highest BCUT2D eigenvalue weighted by atomic mass is 35.5. The van der Waals surface area contributed by atoms with E-state index >= 15 is 0 Å². The molecule has 2 amide bonds. The molecule has 8 nitrogen and oxygen atoms in total. The van der Waals surface area contributed by atoms with Gasteiger partial charge in [-0.15, -0.1) is 0 Å². The molecule has 1 fully saturated rings. The zero-order valence-corrected chi connectivity index (χ0v) is 20.4. The Balaban J connectivity index is 1.57. The Morgan fingerprint density at radius 2 is 2.06 bits per heavy atom. The van der Waals surface area contributed by atoms with Gasteiger partial charge in [0.05, 0.1) is 34.3 Å². The third-order valence-electron chi connectivity index (χ3n) is 6.35. The number of ether oxygens (including phenoxy) is 1. The fourth-order valence-corrected chi connectivity index (χ4v) is 4.91. The summed E-state index contributed by atoms with van der Waals surface area (Å²) >= 11 is 6.61. The van der Waals surface area contributed by atoms with Crippen LogP contribution in [0.1, 0.15) is 54.7 Å². The number of nitrogens with one attached hydrogen (secondary N) is 1. The summed E-state index contributed by atoms with van der Waals surface area (Å²) in [6.07, 6.45) is -2.65. The largest absolute Gasteiger partial charge is 0.417 e. The smallest absolute Gasteiger partial charge is 0.378 e. The van der Waals surface area contributed by atoms with E-state index in [0.717, 1.165) is 12.1 Å². The van der Waals surface area contributed by atoms with Crippen LogP contribution in [0.2, 0.25) is 5.02 Å². The van der Waals surface area contributed by atoms with Gasteiger partial charge in [-0.05, 0) is 44.9 Å². The van der Waals surface area contributed by atoms with Crippen LogP contribution in [0, 0.1) is 0 Å². The lowest BCUT2D eigenvalue weighted by Gasteiger charge is -2.41. The highest BCUT2D eigenvalue weighted by Crippen LogP contribution is 2.41. The van der Waals surface area contributed by atoms with Crippen LogP contribution in [0.5, 0.6) is 0 Å². The maximum absolute atomic E-state index is 13.2. The van der Waals surface area contributed by atoms with Crippen molar-refractivity contribution >= 4 is 35.1 Å². The molecule has 12 heteroatoms. The number of alkyl halides is 3. The van der Waals surface area contributed by atoms with Crippen LogP contribution < -0.4 is 11.1 Å². The molecule has 2 aliphatic heterocycles. The van der Waals surface area contributed by atoms with Crippen molar-refractivity contribution in [1.82, 2.24) is 9.88 Å². The first-order valence-electron chi connectivity index (χ1n) is 11.3. The Labute approximate surface area is 210 Å².